The molecule has 0 aromatic heterocycles. The first kappa shape index (κ1) is 13.9. The second-order valence-electron chi connectivity index (χ2n) is 4.89. The smallest absolute Gasteiger partial charge is 0.327 e. The van der Waals surface area contributed by atoms with Crippen LogP contribution in [-0.2, 0) is 34.9 Å². The van der Waals surface area contributed by atoms with E-state index in [0.717, 1.165) is 0 Å². The van der Waals surface area contributed by atoms with Crippen LogP contribution in [-0.4, -0.2) is 38.3 Å². The zero-order valence-corrected chi connectivity index (χ0v) is 12.1. The molecule has 2 fully saturated rings. The summed E-state index contributed by atoms with van der Waals surface area (Å²) in [6.45, 7) is 5.33. The van der Waals surface area contributed by atoms with Crippen molar-refractivity contribution in [1.82, 2.24) is 0 Å². The van der Waals surface area contributed by atoms with Crippen LogP contribution in [0.1, 0.15) is 20.8 Å². The number of ether oxygens (including phenoxy) is 2. The van der Waals surface area contributed by atoms with Gasteiger partial charge in [-0.05, 0) is 25.7 Å². The third-order valence-electron chi connectivity index (χ3n) is 2.52. The van der Waals surface area contributed by atoms with Crippen molar-refractivity contribution in [1.29, 1.82) is 0 Å². The molecule has 0 bridgehead atoms. The molecule has 0 aliphatic carbocycles. The molecule has 0 amide bonds. The molecule has 2 aliphatic rings. The first-order chi connectivity index (χ1) is 7.89. The zero-order chi connectivity index (χ0) is 12.5. The minimum atomic E-state index is -2.55. The highest BCUT2D eigenvalue weighted by molar-refractivity contribution is 8.07. The highest BCUT2D eigenvalue weighted by atomic mass is 32.5. The minimum Gasteiger partial charge on any atom is -0.348 e. The van der Waals surface area contributed by atoms with Crippen molar-refractivity contribution in [3.05, 3.63) is 0 Å². The molecule has 2 aliphatic heterocycles. The molecule has 0 spiro atoms. The molecular weight excluding hydrogens is 263 g/mol. The molecule has 5 nitrogen and oxygen atoms in total. The van der Waals surface area contributed by atoms with Gasteiger partial charge in [-0.2, -0.15) is 0 Å². The quantitative estimate of drug-likeness (QED) is 0.738. The Morgan fingerprint density at radius 3 is 2.47 bits per heavy atom. The van der Waals surface area contributed by atoms with Crippen molar-refractivity contribution in [2.75, 3.05) is 26.4 Å². The van der Waals surface area contributed by atoms with E-state index in [9.17, 15) is 0 Å². The number of hydrogen-bond donors (Lipinski definition) is 0. The lowest BCUT2D eigenvalue weighted by atomic mass is 10.2. The van der Waals surface area contributed by atoms with Crippen LogP contribution in [0.3, 0.4) is 0 Å². The Balaban J connectivity index is 1.77. The molecule has 7 heteroatoms. The van der Waals surface area contributed by atoms with Gasteiger partial charge in [0.2, 0.25) is 0 Å². The predicted molar refractivity (Wildman–Crippen MR) is 66.2 cm³/mol. The summed E-state index contributed by atoms with van der Waals surface area (Å²) < 4.78 is 27.6. The average Bonchev–Trinajstić information content (AvgIpc) is 2.61. The van der Waals surface area contributed by atoms with Crippen LogP contribution in [0.5, 0.6) is 0 Å². The summed E-state index contributed by atoms with van der Waals surface area (Å²) in [5, 5.41) is 0. The summed E-state index contributed by atoms with van der Waals surface area (Å²) in [6, 6.07) is 0. The predicted octanol–water partition coefficient (Wildman–Crippen LogP) is 2.06. The van der Waals surface area contributed by atoms with Gasteiger partial charge in [-0.3, -0.25) is 0 Å². The molecule has 0 aromatic rings. The molecule has 2 rings (SSSR count). The number of hydrogen-bond acceptors (Lipinski definition) is 6. The zero-order valence-electron chi connectivity index (χ0n) is 10.4. The fourth-order valence-electron chi connectivity index (χ4n) is 1.62. The first-order valence-electron chi connectivity index (χ1n) is 5.74. The second-order valence-corrected chi connectivity index (χ2v) is 7.90. The van der Waals surface area contributed by atoms with E-state index in [0.29, 0.717) is 32.3 Å². The highest BCUT2D eigenvalue weighted by Gasteiger charge is 2.35. The standard InChI is InChI=1S/C10H19O5PS/c1-8-4-12-16(17,13-5-8)14-7-9-6-11-10(2,3)15-9/h8-9H,4-7H2,1-3H3. The van der Waals surface area contributed by atoms with Gasteiger partial charge >= 0.3 is 6.72 Å². The van der Waals surface area contributed by atoms with E-state index >= 15 is 0 Å². The van der Waals surface area contributed by atoms with E-state index in [4.69, 9.17) is 34.9 Å². The van der Waals surface area contributed by atoms with Gasteiger partial charge in [0.25, 0.3) is 0 Å². The Morgan fingerprint density at radius 2 is 1.94 bits per heavy atom. The Hall–Kier alpha value is 0.450. The third kappa shape index (κ3) is 3.96. The van der Waals surface area contributed by atoms with Gasteiger partial charge in [0.05, 0.1) is 26.4 Å². The van der Waals surface area contributed by atoms with Gasteiger partial charge in [0.1, 0.15) is 6.10 Å². The first-order valence-corrected chi connectivity index (χ1v) is 8.30. The van der Waals surface area contributed by atoms with Crippen LogP contribution >= 0.6 is 6.72 Å². The van der Waals surface area contributed by atoms with Gasteiger partial charge in [0.15, 0.2) is 5.79 Å². The van der Waals surface area contributed by atoms with Gasteiger partial charge in [0, 0.05) is 5.92 Å². The Labute approximate surface area is 107 Å². The highest BCUT2D eigenvalue weighted by Crippen LogP contribution is 2.53. The third-order valence-corrected chi connectivity index (χ3v) is 4.86. The maximum Gasteiger partial charge on any atom is 0.327 e. The molecule has 0 N–H and O–H groups in total. The lowest BCUT2D eigenvalue weighted by Crippen LogP contribution is -2.25. The fourth-order valence-corrected chi connectivity index (χ4v) is 3.61. The Morgan fingerprint density at radius 1 is 1.29 bits per heavy atom. The van der Waals surface area contributed by atoms with Crippen LogP contribution in [0.4, 0.5) is 0 Å². The van der Waals surface area contributed by atoms with Gasteiger partial charge in [-0.25, -0.2) is 0 Å². The van der Waals surface area contributed by atoms with Crippen molar-refractivity contribution in [2.45, 2.75) is 32.7 Å². The maximum atomic E-state index is 5.62. The van der Waals surface area contributed by atoms with E-state index in [1.807, 2.05) is 13.8 Å². The lowest BCUT2D eigenvalue weighted by Gasteiger charge is -2.29. The molecule has 100 valence electrons. The maximum absolute atomic E-state index is 5.62. The lowest BCUT2D eigenvalue weighted by molar-refractivity contribution is -0.142. The summed E-state index contributed by atoms with van der Waals surface area (Å²) in [7, 11) is 0. The molecule has 0 aromatic carbocycles. The van der Waals surface area contributed by atoms with E-state index < -0.39 is 12.5 Å². The van der Waals surface area contributed by atoms with Crippen molar-refractivity contribution in [3.8, 4) is 0 Å². The van der Waals surface area contributed by atoms with Crippen LogP contribution in [0.25, 0.3) is 0 Å². The Bertz CT molecular complexity index is 310. The molecule has 1 atom stereocenters. The van der Waals surface area contributed by atoms with Crippen LogP contribution in [0, 0.1) is 5.92 Å². The van der Waals surface area contributed by atoms with Gasteiger partial charge in [-0.1, -0.05) is 6.92 Å². The topological polar surface area (TPSA) is 46.2 Å². The van der Waals surface area contributed by atoms with Gasteiger partial charge < -0.3 is 23.0 Å². The van der Waals surface area contributed by atoms with E-state index in [-0.39, 0.29) is 6.10 Å². The molecule has 2 saturated heterocycles. The van der Waals surface area contributed by atoms with Crippen molar-refractivity contribution < 1.29 is 23.0 Å². The second kappa shape index (κ2) is 5.21. The summed E-state index contributed by atoms with van der Waals surface area (Å²) >= 11 is 5.25. The molecular formula is C10H19O5PS. The average molecular weight is 282 g/mol. The Kier molecular flexibility index (Phi) is 4.25. The van der Waals surface area contributed by atoms with Crippen molar-refractivity contribution >= 4 is 18.5 Å². The monoisotopic (exact) mass is 282 g/mol. The molecule has 2 heterocycles. The number of rotatable bonds is 3. The minimum absolute atomic E-state index is 0.101. The van der Waals surface area contributed by atoms with Gasteiger partial charge in [-0.15, -0.1) is 0 Å². The molecule has 17 heavy (non-hydrogen) atoms. The van der Waals surface area contributed by atoms with Crippen LogP contribution in [0.2, 0.25) is 0 Å². The molecule has 1 unspecified atom stereocenters. The summed E-state index contributed by atoms with van der Waals surface area (Å²) in [5.74, 6) is -0.163. The summed E-state index contributed by atoms with van der Waals surface area (Å²) in [4.78, 5) is 0. The van der Waals surface area contributed by atoms with E-state index in [2.05, 4.69) is 6.92 Å². The van der Waals surface area contributed by atoms with Crippen LogP contribution < -0.4 is 0 Å². The van der Waals surface area contributed by atoms with Crippen molar-refractivity contribution in [2.24, 2.45) is 5.92 Å². The van der Waals surface area contributed by atoms with Crippen molar-refractivity contribution in [3.63, 3.8) is 0 Å². The summed E-state index contributed by atoms with van der Waals surface area (Å²) in [5.41, 5.74) is 0. The normalized spacial score (nSPS) is 41.6. The summed E-state index contributed by atoms with van der Waals surface area (Å²) in [6.07, 6.45) is -0.101. The largest absolute Gasteiger partial charge is 0.348 e. The van der Waals surface area contributed by atoms with E-state index in [1.54, 1.807) is 0 Å². The SMILES string of the molecule is CC1COP(=S)(OCC2COC(C)(C)O2)OC1. The van der Waals surface area contributed by atoms with E-state index in [1.165, 1.54) is 0 Å². The molecule has 0 saturated carbocycles. The van der Waals surface area contributed by atoms with Crippen LogP contribution in [0.15, 0.2) is 0 Å². The fraction of sp³-hybridized carbons (Fsp3) is 1.00. The molecule has 0 radical (unpaired) electrons.